The van der Waals surface area contributed by atoms with Crippen molar-refractivity contribution in [3.8, 4) is 11.5 Å². The van der Waals surface area contributed by atoms with Crippen molar-refractivity contribution in [1.29, 1.82) is 0 Å². The molecule has 2 N–H and O–H groups in total. The quantitative estimate of drug-likeness (QED) is 0.808. The average Bonchev–Trinajstić information content (AvgIpc) is 3.01. The highest BCUT2D eigenvalue weighted by atomic mass is 16.5. The third kappa shape index (κ3) is 4.28. The highest BCUT2D eigenvalue weighted by molar-refractivity contribution is 5.94. The first-order valence-electron chi connectivity index (χ1n) is 7.35. The first-order chi connectivity index (χ1) is 11.4. The molecule has 2 aromatic rings. The molecule has 0 aliphatic heterocycles. The molecule has 7 heteroatoms. The van der Waals surface area contributed by atoms with Gasteiger partial charge in [-0.3, -0.25) is 4.79 Å². The third-order valence-corrected chi connectivity index (χ3v) is 3.08. The number of carboxylic acid groups (broad SMARTS) is 1. The number of carbonyl (C=O) groups excluding carboxylic acids is 1. The molecule has 0 aliphatic rings. The number of amides is 1. The number of hydrogen-bond acceptors (Lipinski definition) is 5. The summed E-state index contributed by atoms with van der Waals surface area (Å²) in [6.07, 6.45) is -0.0130. The van der Waals surface area contributed by atoms with Crippen LogP contribution in [-0.4, -0.2) is 30.2 Å². The lowest BCUT2D eigenvalue weighted by atomic mass is 10.2. The number of carboxylic acids is 1. The molecule has 7 nitrogen and oxygen atoms in total. The van der Waals surface area contributed by atoms with Gasteiger partial charge in [0.05, 0.1) is 19.8 Å². The van der Waals surface area contributed by atoms with Crippen LogP contribution in [0, 0.1) is 0 Å². The first-order valence-corrected chi connectivity index (χ1v) is 7.35. The minimum Gasteiger partial charge on any atom is -0.493 e. The molecule has 1 heterocycles. The zero-order valence-electron chi connectivity index (χ0n) is 13.7. The maximum Gasteiger partial charge on any atom is 0.371 e. The van der Waals surface area contributed by atoms with Crippen LogP contribution in [0.5, 0.6) is 11.5 Å². The molecule has 1 aromatic heterocycles. The molecule has 0 fully saturated rings. The molecule has 0 spiro atoms. The van der Waals surface area contributed by atoms with E-state index in [-0.39, 0.29) is 24.3 Å². The monoisotopic (exact) mass is 333 g/mol. The smallest absolute Gasteiger partial charge is 0.371 e. The van der Waals surface area contributed by atoms with Crippen molar-refractivity contribution >= 4 is 11.9 Å². The second kappa shape index (κ2) is 7.54. The molecule has 0 atom stereocenters. The van der Waals surface area contributed by atoms with Crippen LogP contribution in [-0.2, 0) is 6.54 Å². The van der Waals surface area contributed by atoms with Gasteiger partial charge in [-0.2, -0.15) is 0 Å². The van der Waals surface area contributed by atoms with E-state index in [1.54, 1.807) is 18.2 Å². The van der Waals surface area contributed by atoms with Crippen LogP contribution >= 0.6 is 0 Å². The van der Waals surface area contributed by atoms with Gasteiger partial charge in [0.15, 0.2) is 11.5 Å². The zero-order valence-corrected chi connectivity index (χ0v) is 13.7. The van der Waals surface area contributed by atoms with Crippen LogP contribution < -0.4 is 14.8 Å². The SMILES string of the molecule is COc1cc(C(=O)NCc2ccc(C(=O)O)o2)ccc1OC(C)C. The summed E-state index contributed by atoms with van der Waals surface area (Å²) in [6.45, 7) is 3.88. The van der Waals surface area contributed by atoms with Crippen LogP contribution in [0.15, 0.2) is 34.7 Å². The number of furan rings is 1. The Kier molecular flexibility index (Phi) is 5.47. The predicted molar refractivity (Wildman–Crippen MR) is 85.6 cm³/mol. The predicted octanol–water partition coefficient (Wildman–Crippen LogP) is 2.70. The van der Waals surface area contributed by atoms with Crippen LogP contribution in [0.2, 0.25) is 0 Å². The van der Waals surface area contributed by atoms with E-state index in [9.17, 15) is 9.59 Å². The lowest BCUT2D eigenvalue weighted by Crippen LogP contribution is -2.22. The van der Waals surface area contributed by atoms with E-state index in [0.717, 1.165) is 0 Å². The maximum absolute atomic E-state index is 12.2. The lowest BCUT2D eigenvalue weighted by molar-refractivity contribution is 0.0660. The number of aromatic carboxylic acids is 1. The summed E-state index contributed by atoms with van der Waals surface area (Å²) in [5.74, 6) is -0.289. The fraction of sp³-hybridized carbons (Fsp3) is 0.294. The van der Waals surface area contributed by atoms with Crippen LogP contribution in [0.3, 0.4) is 0 Å². The summed E-state index contributed by atoms with van der Waals surface area (Å²) in [6, 6.07) is 7.72. The summed E-state index contributed by atoms with van der Waals surface area (Å²) in [7, 11) is 1.50. The number of methoxy groups -OCH3 is 1. The molecule has 0 saturated carbocycles. The lowest BCUT2D eigenvalue weighted by Gasteiger charge is -2.14. The number of carbonyl (C=O) groups is 2. The topological polar surface area (TPSA) is 98.0 Å². The molecular weight excluding hydrogens is 314 g/mol. The van der Waals surface area contributed by atoms with Crippen molar-refractivity contribution in [2.75, 3.05) is 7.11 Å². The Balaban J connectivity index is 2.04. The minimum atomic E-state index is -1.15. The molecule has 128 valence electrons. The molecule has 2 rings (SSSR count). The van der Waals surface area contributed by atoms with Gasteiger partial charge in [0, 0.05) is 5.56 Å². The maximum atomic E-state index is 12.2. The molecule has 1 amide bonds. The first kappa shape index (κ1) is 17.4. The van der Waals surface area contributed by atoms with Crippen molar-refractivity contribution in [2.45, 2.75) is 26.5 Å². The Labute approximate surface area is 139 Å². The van der Waals surface area contributed by atoms with Gasteiger partial charge in [0.1, 0.15) is 5.76 Å². The van der Waals surface area contributed by atoms with Gasteiger partial charge in [0.25, 0.3) is 5.91 Å². The summed E-state index contributed by atoms with van der Waals surface area (Å²) in [4.78, 5) is 22.9. The third-order valence-electron chi connectivity index (χ3n) is 3.08. The number of ether oxygens (including phenoxy) is 2. The van der Waals surface area contributed by atoms with Gasteiger partial charge in [-0.15, -0.1) is 0 Å². The van der Waals surface area contributed by atoms with Crippen LogP contribution in [0.1, 0.15) is 40.5 Å². The Morgan fingerprint density at radius 3 is 2.54 bits per heavy atom. The van der Waals surface area contributed by atoms with Crippen molar-refractivity contribution < 1.29 is 28.6 Å². The van der Waals surface area contributed by atoms with E-state index in [4.69, 9.17) is 19.0 Å². The van der Waals surface area contributed by atoms with Crippen LogP contribution in [0.25, 0.3) is 0 Å². The Hall–Kier alpha value is -2.96. The fourth-order valence-corrected chi connectivity index (χ4v) is 2.02. The van der Waals surface area contributed by atoms with E-state index >= 15 is 0 Å². The van der Waals surface area contributed by atoms with Gasteiger partial charge in [-0.1, -0.05) is 0 Å². The Bertz CT molecular complexity index is 734. The molecule has 0 bridgehead atoms. The standard InChI is InChI=1S/C17H19NO6/c1-10(2)23-13-6-4-11(8-15(13)22-3)16(19)18-9-12-5-7-14(24-12)17(20)21/h4-8,10H,9H2,1-3H3,(H,18,19)(H,20,21). The number of nitrogens with one attached hydrogen (secondary N) is 1. The molecule has 0 radical (unpaired) electrons. The second-order valence-corrected chi connectivity index (χ2v) is 5.29. The highest BCUT2D eigenvalue weighted by Gasteiger charge is 2.13. The van der Waals surface area contributed by atoms with Crippen molar-refractivity contribution in [3.05, 3.63) is 47.4 Å². The van der Waals surface area contributed by atoms with E-state index in [1.165, 1.54) is 19.2 Å². The van der Waals surface area contributed by atoms with Crippen molar-refractivity contribution in [2.24, 2.45) is 0 Å². The summed E-state index contributed by atoms with van der Waals surface area (Å²) in [5, 5.41) is 11.4. The molecular formula is C17H19NO6. The number of rotatable bonds is 7. The molecule has 0 aliphatic carbocycles. The van der Waals surface area contributed by atoms with Gasteiger partial charge >= 0.3 is 5.97 Å². The van der Waals surface area contributed by atoms with Gasteiger partial charge < -0.3 is 24.3 Å². The molecule has 1 aromatic carbocycles. The number of hydrogen-bond donors (Lipinski definition) is 2. The molecule has 0 unspecified atom stereocenters. The second-order valence-electron chi connectivity index (χ2n) is 5.29. The largest absolute Gasteiger partial charge is 0.493 e. The van der Waals surface area contributed by atoms with Gasteiger partial charge in [-0.25, -0.2) is 4.79 Å². The molecule has 24 heavy (non-hydrogen) atoms. The van der Waals surface area contributed by atoms with Gasteiger partial charge in [-0.05, 0) is 44.2 Å². The van der Waals surface area contributed by atoms with Crippen molar-refractivity contribution in [1.82, 2.24) is 5.32 Å². The van der Waals surface area contributed by atoms with Crippen LogP contribution in [0.4, 0.5) is 0 Å². The van der Waals surface area contributed by atoms with E-state index in [2.05, 4.69) is 5.32 Å². The zero-order chi connectivity index (χ0) is 17.7. The average molecular weight is 333 g/mol. The number of benzene rings is 1. The Morgan fingerprint density at radius 2 is 1.96 bits per heavy atom. The van der Waals surface area contributed by atoms with Gasteiger partial charge in [0.2, 0.25) is 5.76 Å². The summed E-state index contributed by atoms with van der Waals surface area (Å²) >= 11 is 0. The van der Waals surface area contributed by atoms with E-state index < -0.39 is 5.97 Å². The minimum absolute atomic E-state index is 0.0130. The molecule has 0 saturated heterocycles. The van der Waals surface area contributed by atoms with E-state index in [1.807, 2.05) is 13.8 Å². The van der Waals surface area contributed by atoms with Crippen molar-refractivity contribution in [3.63, 3.8) is 0 Å². The normalized spacial score (nSPS) is 10.5. The summed E-state index contributed by atoms with van der Waals surface area (Å²) in [5.41, 5.74) is 0.396. The van der Waals surface area contributed by atoms with E-state index in [0.29, 0.717) is 22.8 Å². The Morgan fingerprint density at radius 1 is 1.21 bits per heavy atom. The highest BCUT2D eigenvalue weighted by Crippen LogP contribution is 2.29. The fourth-order valence-electron chi connectivity index (χ4n) is 2.02. The summed E-state index contributed by atoms with van der Waals surface area (Å²) < 4.78 is 15.9.